The molecular weight excluding hydrogens is 252 g/mol. The van der Waals surface area contributed by atoms with E-state index in [0.717, 1.165) is 12.1 Å². The Hall–Kier alpha value is -1.29. The van der Waals surface area contributed by atoms with Crippen LogP contribution in [0, 0.1) is 5.41 Å². The number of carbonyl (C=O) groups excluding carboxylic acids is 1. The summed E-state index contributed by atoms with van der Waals surface area (Å²) in [6, 6.07) is 4.08. The van der Waals surface area contributed by atoms with Crippen LogP contribution >= 0.6 is 0 Å². The Morgan fingerprint density at radius 1 is 1.45 bits per heavy atom. The second-order valence-corrected chi connectivity index (χ2v) is 6.93. The van der Waals surface area contributed by atoms with Crippen molar-refractivity contribution in [2.75, 3.05) is 13.1 Å². The van der Waals surface area contributed by atoms with E-state index in [9.17, 15) is 9.90 Å². The quantitative estimate of drug-likeness (QED) is 0.904. The first kappa shape index (κ1) is 15.1. The number of carbonyl (C=O) groups is 1. The van der Waals surface area contributed by atoms with Gasteiger partial charge >= 0.3 is 0 Å². The predicted molar refractivity (Wildman–Crippen MR) is 79.7 cm³/mol. The highest BCUT2D eigenvalue weighted by molar-refractivity contribution is 5.92. The summed E-state index contributed by atoms with van der Waals surface area (Å²) in [6.45, 7) is 9.71. The van der Waals surface area contributed by atoms with Gasteiger partial charge in [-0.1, -0.05) is 13.8 Å². The van der Waals surface area contributed by atoms with Crippen LogP contribution in [-0.2, 0) is 0 Å². The summed E-state index contributed by atoms with van der Waals surface area (Å²) in [7, 11) is 0. The standard InChI is InChI=1S/C16H26N2O2/c1-12(2)18-8-5-6-14(18)15(20)17-9-7-13(19)10-16(3,4)11-17/h5-6,8,12-13,19H,7,9-11H2,1-4H3. The molecule has 1 aliphatic rings. The molecular formula is C16H26N2O2. The average Bonchev–Trinajstić information content (AvgIpc) is 2.76. The van der Waals surface area contributed by atoms with Gasteiger partial charge in [-0.2, -0.15) is 0 Å². The number of hydrogen-bond acceptors (Lipinski definition) is 2. The number of likely N-dealkylation sites (tertiary alicyclic amines) is 1. The second kappa shape index (κ2) is 5.60. The van der Waals surface area contributed by atoms with Gasteiger partial charge in [-0.05, 0) is 44.2 Å². The van der Waals surface area contributed by atoms with E-state index in [0.29, 0.717) is 19.5 Å². The van der Waals surface area contributed by atoms with Gasteiger partial charge in [0.1, 0.15) is 5.69 Å². The van der Waals surface area contributed by atoms with Crippen LogP contribution in [0.2, 0.25) is 0 Å². The van der Waals surface area contributed by atoms with Crippen molar-refractivity contribution < 1.29 is 9.90 Å². The van der Waals surface area contributed by atoms with E-state index in [-0.39, 0.29) is 23.5 Å². The molecule has 2 rings (SSSR count). The Morgan fingerprint density at radius 2 is 2.15 bits per heavy atom. The largest absolute Gasteiger partial charge is 0.393 e. The smallest absolute Gasteiger partial charge is 0.270 e. The molecule has 0 aromatic carbocycles. The molecule has 2 heterocycles. The van der Waals surface area contributed by atoms with Gasteiger partial charge in [-0.25, -0.2) is 0 Å². The minimum Gasteiger partial charge on any atom is -0.393 e. The lowest BCUT2D eigenvalue weighted by Crippen LogP contribution is -2.38. The Morgan fingerprint density at radius 3 is 2.80 bits per heavy atom. The highest BCUT2D eigenvalue weighted by Crippen LogP contribution is 2.29. The molecule has 1 aromatic heterocycles. The molecule has 1 aromatic rings. The number of nitrogens with zero attached hydrogens (tertiary/aromatic N) is 2. The number of aromatic nitrogens is 1. The van der Waals surface area contributed by atoms with Gasteiger partial charge in [0.05, 0.1) is 6.10 Å². The Balaban J connectivity index is 2.21. The molecule has 1 atom stereocenters. The molecule has 1 fully saturated rings. The van der Waals surface area contributed by atoms with E-state index in [4.69, 9.17) is 0 Å². The summed E-state index contributed by atoms with van der Waals surface area (Å²) in [6.07, 6.45) is 3.06. The molecule has 1 amide bonds. The molecule has 0 saturated carbocycles. The maximum absolute atomic E-state index is 12.8. The van der Waals surface area contributed by atoms with Gasteiger partial charge in [0.2, 0.25) is 0 Å². The van der Waals surface area contributed by atoms with Crippen molar-refractivity contribution in [2.24, 2.45) is 5.41 Å². The SMILES string of the molecule is CC(C)n1cccc1C(=O)N1CCC(O)CC(C)(C)C1. The number of aliphatic hydroxyl groups excluding tert-OH is 1. The van der Waals surface area contributed by atoms with Crippen molar-refractivity contribution in [2.45, 2.75) is 52.7 Å². The fourth-order valence-corrected chi connectivity index (χ4v) is 3.07. The topological polar surface area (TPSA) is 45.5 Å². The van der Waals surface area contributed by atoms with Crippen molar-refractivity contribution in [1.29, 1.82) is 0 Å². The van der Waals surface area contributed by atoms with E-state index in [1.807, 2.05) is 27.8 Å². The van der Waals surface area contributed by atoms with Gasteiger partial charge in [0.25, 0.3) is 5.91 Å². The molecule has 0 radical (unpaired) electrons. The first-order chi connectivity index (χ1) is 9.30. The lowest BCUT2D eigenvalue weighted by atomic mass is 9.87. The summed E-state index contributed by atoms with van der Waals surface area (Å²) in [5.41, 5.74) is 0.702. The Kier molecular flexibility index (Phi) is 4.23. The zero-order chi connectivity index (χ0) is 14.9. The molecule has 1 unspecified atom stereocenters. The molecule has 1 N–H and O–H groups in total. The van der Waals surface area contributed by atoms with Crippen LogP contribution in [0.5, 0.6) is 0 Å². The van der Waals surface area contributed by atoms with Gasteiger partial charge in [-0.3, -0.25) is 4.79 Å². The lowest BCUT2D eigenvalue weighted by Gasteiger charge is -2.30. The molecule has 0 aliphatic carbocycles. The van der Waals surface area contributed by atoms with Crippen LogP contribution in [0.4, 0.5) is 0 Å². The summed E-state index contributed by atoms with van der Waals surface area (Å²) < 4.78 is 2.01. The summed E-state index contributed by atoms with van der Waals surface area (Å²) in [5, 5.41) is 9.95. The number of rotatable bonds is 2. The van der Waals surface area contributed by atoms with Gasteiger partial charge in [-0.15, -0.1) is 0 Å². The van der Waals surface area contributed by atoms with E-state index in [1.54, 1.807) is 0 Å². The normalized spacial score (nSPS) is 22.9. The van der Waals surface area contributed by atoms with Crippen molar-refractivity contribution in [3.05, 3.63) is 24.0 Å². The van der Waals surface area contributed by atoms with Crippen LogP contribution in [0.25, 0.3) is 0 Å². The van der Waals surface area contributed by atoms with Crippen LogP contribution < -0.4 is 0 Å². The van der Waals surface area contributed by atoms with Gasteiger partial charge in [0.15, 0.2) is 0 Å². The van der Waals surface area contributed by atoms with Gasteiger partial charge < -0.3 is 14.6 Å². The highest BCUT2D eigenvalue weighted by atomic mass is 16.3. The lowest BCUT2D eigenvalue weighted by molar-refractivity contribution is 0.0692. The van der Waals surface area contributed by atoms with Crippen LogP contribution in [0.1, 0.15) is 57.1 Å². The highest BCUT2D eigenvalue weighted by Gasteiger charge is 2.32. The van der Waals surface area contributed by atoms with Crippen LogP contribution in [-0.4, -0.2) is 39.7 Å². The minimum absolute atomic E-state index is 0.0408. The third-order valence-corrected chi connectivity index (χ3v) is 3.98. The fourth-order valence-electron chi connectivity index (χ4n) is 3.07. The van der Waals surface area contributed by atoms with Crippen molar-refractivity contribution in [3.8, 4) is 0 Å². The fraction of sp³-hybridized carbons (Fsp3) is 0.688. The van der Waals surface area contributed by atoms with Crippen LogP contribution in [0.3, 0.4) is 0 Å². The molecule has 0 bridgehead atoms. The van der Waals surface area contributed by atoms with Crippen LogP contribution in [0.15, 0.2) is 18.3 Å². The average molecular weight is 278 g/mol. The van der Waals surface area contributed by atoms with Gasteiger partial charge in [0, 0.05) is 25.3 Å². The van der Waals surface area contributed by atoms with Crippen molar-refractivity contribution in [3.63, 3.8) is 0 Å². The molecule has 1 saturated heterocycles. The Labute approximate surface area is 121 Å². The zero-order valence-electron chi connectivity index (χ0n) is 13.0. The number of hydrogen-bond donors (Lipinski definition) is 1. The third kappa shape index (κ3) is 3.23. The summed E-state index contributed by atoms with van der Waals surface area (Å²) in [4.78, 5) is 14.7. The number of amides is 1. The molecule has 0 spiro atoms. The maximum Gasteiger partial charge on any atom is 0.270 e. The third-order valence-electron chi connectivity index (χ3n) is 3.98. The monoisotopic (exact) mass is 278 g/mol. The predicted octanol–water partition coefficient (Wildman–Crippen LogP) is 2.69. The summed E-state index contributed by atoms with van der Waals surface area (Å²) >= 11 is 0. The summed E-state index contributed by atoms with van der Waals surface area (Å²) in [5.74, 6) is 0.0749. The zero-order valence-corrected chi connectivity index (χ0v) is 13.0. The first-order valence-electron chi connectivity index (χ1n) is 7.44. The second-order valence-electron chi connectivity index (χ2n) is 6.93. The molecule has 4 nitrogen and oxygen atoms in total. The molecule has 4 heteroatoms. The van der Waals surface area contributed by atoms with E-state index in [2.05, 4.69) is 27.7 Å². The first-order valence-corrected chi connectivity index (χ1v) is 7.44. The van der Waals surface area contributed by atoms with Crippen molar-refractivity contribution >= 4 is 5.91 Å². The van der Waals surface area contributed by atoms with E-state index < -0.39 is 0 Å². The van der Waals surface area contributed by atoms with Crippen molar-refractivity contribution in [1.82, 2.24) is 9.47 Å². The molecule has 112 valence electrons. The molecule has 1 aliphatic heterocycles. The maximum atomic E-state index is 12.8. The Bertz CT molecular complexity index is 477. The van der Waals surface area contributed by atoms with E-state index in [1.165, 1.54) is 0 Å². The van der Waals surface area contributed by atoms with E-state index >= 15 is 0 Å². The number of aliphatic hydroxyl groups is 1. The minimum atomic E-state index is -0.306. The molecule has 20 heavy (non-hydrogen) atoms.